The maximum atomic E-state index is 12.3. The smallest absolute Gasteiger partial charge is 0.274 e. The fourth-order valence-electron chi connectivity index (χ4n) is 4.23. The number of hydrogen-bond donors (Lipinski definition) is 0. The monoisotopic (exact) mass is 458 g/mol. The summed E-state index contributed by atoms with van der Waals surface area (Å²) in [5.41, 5.74) is 1.24. The third-order valence-electron chi connectivity index (χ3n) is 6.57. The summed E-state index contributed by atoms with van der Waals surface area (Å²) in [5.74, 6) is 1.70. The van der Waals surface area contributed by atoms with Gasteiger partial charge in [-0.25, -0.2) is 4.98 Å². The van der Waals surface area contributed by atoms with Gasteiger partial charge in [-0.05, 0) is 38.8 Å². The zero-order valence-corrected chi connectivity index (χ0v) is 19.5. The van der Waals surface area contributed by atoms with Gasteiger partial charge in [0.25, 0.3) is 5.56 Å². The molecule has 5 rings (SSSR count). The number of hydrogen-bond acceptors (Lipinski definition) is 7. The van der Waals surface area contributed by atoms with Crippen LogP contribution in [0.25, 0.3) is 5.65 Å². The minimum absolute atomic E-state index is 0.230. The van der Waals surface area contributed by atoms with Crippen LogP contribution in [0, 0.1) is 13.8 Å². The van der Waals surface area contributed by atoms with Crippen LogP contribution >= 0.6 is 0 Å². The van der Waals surface area contributed by atoms with Crippen LogP contribution < -0.4 is 24.7 Å². The van der Waals surface area contributed by atoms with Crippen molar-refractivity contribution in [1.82, 2.24) is 14.6 Å². The molecular weight excluding hydrogens is 438 g/mol. The quantitative estimate of drug-likeness (QED) is 0.513. The number of anilines is 1. The summed E-state index contributed by atoms with van der Waals surface area (Å²) < 4.78 is 18.5. The first-order valence-corrected chi connectivity index (χ1v) is 11.1. The van der Waals surface area contributed by atoms with Gasteiger partial charge in [0.1, 0.15) is 45.0 Å². The van der Waals surface area contributed by atoms with Crippen LogP contribution in [0.1, 0.15) is 24.0 Å². The van der Waals surface area contributed by atoms with E-state index in [4.69, 9.17) is 53.4 Å². The summed E-state index contributed by atoms with van der Waals surface area (Å²) in [6.45, 7) is 5.05. The summed E-state index contributed by atoms with van der Waals surface area (Å²) in [4.78, 5) is 18.7. The van der Waals surface area contributed by atoms with Gasteiger partial charge in [0.05, 0.1) is 5.50 Å². The molecule has 2 aromatic heterocycles. The van der Waals surface area contributed by atoms with Crippen LogP contribution in [0.15, 0.2) is 35.3 Å². The van der Waals surface area contributed by atoms with E-state index >= 15 is 0 Å². The molecule has 13 heteroatoms. The molecule has 0 aliphatic carbocycles. The lowest BCUT2D eigenvalue weighted by Gasteiger charge is -2.48. The highest BCUT2D eigenvalue weighted by Crippen LogP contribution is 2.42. The highest BCUT2D eigenvalue weighted by atomic mass is 16.6. The Bertz CT molecular complexity index is 1370. The highest BCUT2D eigenvalue weighted by Gasteiger charge is 2.43. The second-order valence-electron chi connectivity index (χ2n) is 9.14. The van der Waals surface area contributed by atoms with Crippen molar-refractivity contribution in [3.05, 3.63) is 51.9 Å². The van der Waals surface area contributed by atoms with Crippen LogP contribution in [0.3, 0.4) is 0 Å². The molecule has 4 heterocycles. The van der Waals surface area contributed by atoms with E-state index in [1.165, 1.54) is 16.8 Å². The largest absolute Gasteiger partial charge is 0.501 e. The molecule has 1 aromatic carbocycles. The zero-order chi connectivity index (χ0) is 25.2. The Labute approximate surface area is 209 Å². The lowest BCUT2D eigenvalue weighted by atomic mass is 9.41. The minimum Gasteiger partial charge on any atom is -0.501 e. The second kappa shape index (κ2) is 8.03. The van der Waals surface area contributed by atoms with Gasteiger partial charge >= 0.3 is 0 Å². The topological polar surface area (TPSA) is 78.2 Å². The molecule has 0 spiro atoms. The van der Waals surface area contributed by atoms with Crippen LogP contribution in [0.5, 0.6) is 17.2 Å². The molecule has 2 aliphatic heterocycles. The number of ether oxygens (including phenoxy) is 3. The normalized spacial score (nSPS) is 19.9. The van der Waals surface area contributed by atoms with Crippen LogP contribution in [-0.4, -0.2) is 83.2 Å². The summed E-state index contributed by atoms with van der Waals surface area (Å²) in [6.07, 6.45) is 2.51. The maximum Gasteiger partial charge on any atom is 0.274 e. The van der Waals surface area contributed by atoms with Crippen molar-refractivity contribution in [2.24, 2.45) is 0 Å². The third kappa shape index (κ3) is 4.08. The van der Waals surface area contributed by atoms with Crippen molar-refractivity contribution in [2.45, 2.75) is 43.0 Å². The second-order valence-corrected chi connectivity index (χ2v) is 9.14. The van der Waals surface area contributed by atoms with Crippen LogP contribution in [0.2, 0.25) is 0 Å². The molecule has 0 unspecified atom stereocenters. The van der Waals surface area contributed by atoms with Crippen molar-refractivity contribution >= 4 is 50.7 Å². The molecular formula is C22H19B5N4O4. The average molecular weight is 457 g/mol. The number of piperidine rings is 1. The SMILES string of the molecule is [B]C1(Oc2ccc3c(c2)OC([B])([B])C([B])([B])O3)CCN(c2nn3c(=O)ccnc3c(C)c2C)CC1. The lowest BCUT2D eigenvalue weighted by Crippen LogP contribution is -2.65. The van der Waals surface area contributed by atoms with Crippen molar-refractivity contribution < 1.29 is 14.2 Å². The highest BCUT2D eigenvalue weighted by molar-refractivity contribution is 6.53. The van der Waals surface area contributed by atoms with Gasteiger partial charge < -0.3 is 19.1 Å². The summed E-state index contributed by atoms with van der Waals surface area (Å²) in [6, 6.07) is 6.25. The predicted octanol–water partition coefficient (Wildman–Crippen LogP) is 0.00314. The molecule has 166 valence electrons. The molecule has 1 fully saturated rings. The third-order valence-corrected chi connectivity index (χ3v) is 6.57. The van der Waals surface area contributed by atoms with E-state index in [0.717, 1.165) is 16.9 Å². The number of rotatable bonds is 3. The Balaban J connectivity index is 1.33. The average Bonchev–Trinajstić information content (AvgIpc) is 2.78. The van der Waals surface area contributed by atoms with Crippen molar-refractivity contribution in [2.75, 3.05) is 18.0 Å². The van der Waals surface area contributed by atoms with Crippen molar-refractivity contribution in [3.8, 4) is 17.2 Å². The molecule has 35 heavy (non-hydrogen) atoms. The number of nitrogens with zero attached hydrogens (tertiary/aromatic N) is 4. The molecule has 0 bridgehead atoms. The van der Waals surface area contributed by atoms with Gasteiger partial charge in [0.2, 0.25) is 0 Å². The van der Waals surface area contributed by atoms with Gasteiger partial charge in [0, 0.05) is 53.3 Å². The maximum absolute atomic E-state index is 12.3. The van der Waals surface area contributed by atoms with Crippen molar-refractivity contribution in [3.63, 3.8) is 0 Å². The first-order valence-electron chi connectivity index (χ1n) is 11.1. The molecule has 8 nitrogen and oxygen atoms in total. The Kier molecular flexibility index (Phi) is 5.45. The van der Waals surface area contributed by atoms with Crippen LogP contribution in [0.4, 0.5) is 5.82 Å². The molecule has 2 aliphatic rings. The minimum atomic E-state index is -1.94. The fourth-order valence-corrected chi connectivity index (χ4v) is 4.23. The summed E-state index contributed by atoms with van der Waals surface area (Å²) in [5, 5.41) is 0.732. The van der Waals surface area contributed by atoms with E-state index in [1.807, 2.05) is 13.8 Å². The van der Waals surface area contributed by atoms with Gasteiger partial charge in [0.15, 0.2) is 23.0 Å². The lowest BCUT2D eigenvalue weighted by molar-refractivity contribution is 0.0603. The molecule has 10 radical (unpaired) electrons. The molecule has 3 aromatic rings. The van der Waals surface area contributed by atoms with E-state index in [9.17, 15) is 4.79 Å². The van der Waals surface area contributed by atoms with E-state index in [1.54, 1.807) is 18.2 Å². The Morgan fingerprint density at radius 2 is 1.60 bits per heavy atom. The van der Waals surface area contributed by atoms with E-state index in [-0.39, 0.29) is 17.1 Å². The molecule has 0 saturated carbocycles. The van der Waals surface area contributed by atoms with Crippen LogP contribution in [-0.2, 0) is 0 Å². The molecule has 0 amide bonds. The van der Waals surface area contributed by atoms with Gasteiger partial charge in [-0.3, -0.25) is 4.79 Å². The van der Waals surface area contributed by atoms with E-state index in [2.05, 4.69) is 15.0 Å². The Morgan fingerprint density at radius 1 is 0.943 bits per heavy atom. The van der Waals surface area contributed by atoms with Gasteiger partial charge in [-0.15, -0.1) is 5.10 Å². The molecule has 0 N–H and O–H groups in total. The van der Waals surface area contributed by atoms with E-state index in [0.29, 0.717) is 37.3 Å². The molecule has 1 saturated heterocycles. The van der Waals surface area contributed by atoms with Gasteiger partial charge in [-0.1, -0.05) is 0 Å². The van der Waals surface area contributed by atoms with Gasteiger partial charge in [-0.2, -0.15) is 4.52 Å². The fraction of sp³-hybridized carbons (Fsp3) is 0.409. The predicted molar refractivity (Wildman–Crippen MR) is 135 cm³/mol. The Morgan fingerprint density at radius 3 is 2.29 bits per heavy atom. The van der Waals surface area contributed by atoms with Crippen molar-refractivity contribution in [1.29, 1.82) is 0 Å². The standard InChI is InChI=1S/C22H19B5N4O4/c1-12-13(2)19(29-31-17(32)5-8-28-18(12)31)30-9-6-20(23,7-10-30)33-14-3-4-15-16(11-14)35-22(26,27)21(24,25)34-15/h3-5,8,11H,6-7,9-10H2,1-2H3. The van der Waals surface area contributed by atoms with E-state index < -0.39 is 16.3 Å². The molecule has 0 atom stereocenters. The Hall–Kier alpha value is -2.97. The number of aryl methyl sites for hydroxylation is 1. The summed E-state index contributed by atoms with van der Waals surface area (Å²) >= 11 is 0. The first-order chi connectivity index (χ1) is 16.4. The first kappa shape index (κ1) is 23.8. The number of benzene rings is 1. The summed E-state index contributed by atoms with van der Waals surface area (Å²) in [7, 11) is 29.9. The number of aromatic nitrogens is 3. The number of fused-ring (bicyclic) bond motifs is 2. The zero-order valence-electron chi connectivity index (χ0n) is 19.5.